The molecule has 0 saturated heterocycles. The minimum atomic E-state index is -1.14. The minimum absolute atomic E-state index is 0. The van der Waals surface area contributed by atoms with E-state index in [0.29, 0.717) is 0 Å². The van der Waals surface area contributed by atoms with Crippen LogP contribution in [0.3, 0.4) is 0 Å². The summed E-state index contributed by atoms with van der Waals surface area (Å²) in [5.74, 6) is 4.86. The van der Waals surface area contributed by atoms with Crippen LogP contribution in [-0.2, 0) is 58.9 Å². The Morgan fingerprint density at radius 2 is 0.636 bits per heavy atom. The molecule has 0 fully saturated rings. The van der Waals surface area contributed by atoms with Gasteiger partial charge in [0.15, 0.2) is 0 Å². The molecule has 0 amide bonds. The second kappa shape index (κ2) is 22.5. The zero-order chi connectivity index (χ0) is 43.8. The van der Waals surface area contributed by atoms with Crippen LogP contribution in [0.25, 0.3) is 43.6 Å². The number of fused-ring (bicyclic) bond motifs is 6. The zero-order valence-corrected chi connectivity index (χ0v) is 42.8. The van der Waals surface area contributed by atoms with E-state index in [0.717, 1.165) is 16.6 Å². The molecule has 0 aliphatic rings. The molecule has 0 N–H and O–H groups in total. The van der Waals surface area contributed by atoms with E-state index in [1.54, 1.807) is 0 Å². The first-order valence-electron chi connectivity index (χ1n) is 21.4. The molecule has 9 aromatic carbocycles. The summed E-state index contributed by atoms with van der Waals surface area (Å²) < 4.78 is 4.34. The molecule has 0 atom stereocenters. The van der Waals surface area contributed by atoms with Crippen molar-refractivity contribution in [2.24, 2.45) is 14.1 Å². The molecule has 2 nitrogen and oxygen atoms in total. The Kier molecular flexibility index (Phi) is 16.4. The predicted octanol–water partition coefficient (Wildman–Crippen LogP) is 11.2. The standard InChI is InChI=1S/C30H24P2.2C15H10N.2Au/c1-5-15-25(16-6-1)31(26-17-7-2-8-18-26)29-23-13-14-24-30(29)32(27-19-9-3-10-20-27)28-21-11-4-12-22-28;1-3-11-8-9-15-13(10-11)12-6-4-5-7-14(12)16(15)2;1-3-11-8-9-13-12-6-4-5-7-14(12)16(2)15(13)10-11;;/h1-24H;2*4-10H,2H3;;/q;2*-1;2*+1/p+2. The van der Waals surface area contributed by atoms with Gasteiger partial charge in [-0.15, -0.1) is 35.4 Å². The van der Waals surface area contributed by atoms with Crippen molar-refractivity contribution >= 4 is 91.3 Å². The number of aryl methyl sites for hydroxylation is 2. The minimum Gasteiger partial charge on any atom is -0.366 e. The SMILES string of the molecule is [Au+].[Au+].[C-]#Cc1ccc2c(c1)c1ccccc1n2C.[C-]#Cc1ccc2c3ccccc3n(C)c2c1.c1ccc([PH+](c2ccccc2)c2ccccc2[PH+](c2ccccc2)c2ccccc2)cc1. The van der Waals surface area contributed by atoms with Crippen molar-refractivity contribution in [3.63, 3.8) is 0 Å². The Balaban J connectivity index is 0.000000160. The van der Waals surface area contributed by atoms with Crippen LogP contribution in [-0.4, -0.2) is 9.13 Å². The van der Waals surface area contributed by atoms with Gasteiger partial charge in [0.2, 0.25) is 0 Å². The van der Waals surface area contributed by atoms with Gasteiger partial charge in [-0.2, -0.15) is 0 Å². The van der Waals surface area contributed by atoms with Crippen LogP contribution in [0.5, 0.6) is 0 Å². The molecule has 326 valence electrons. The third kappa shape index (κ3) is 10.1. The fourth-order valence-electron chi connectivity index (χ4n) is 8.78. The normalized spacial score (nSPS) is 10.6. The summed E-state index contributed by atoms with van der Waals surface area (Å²) in [6.07, 6.45) is 14.3. The molecule has 0 radical (unpaired) electrons. The maximum absolute atomic E-state index is 7.18. The fourth-order valence-corrected chi connectivity index (χ4v) is 14.8. The monoisotopic (exact) mass is 1250 g/mol. The van der Waals surface area contributed by atoms with E-state index in [2.05, 4.69) is 217 Å². The Labute approximate surface area is 422 Å². The van der Waals surface area contributed by atoms with E-state index >= 15 is 0 Å². The van der Waals surface area contributed by atoms with Gasteiger partial charge in [-0.3, -0.25) is 11.8 Å². The first-order valence-corrected chi connectivity index (χ1v) is 24.4. The van der Waals surface area contributed by atoms with Crippen molar-refractivity contribution in [1.82, 2.24) is 9.13 Å². The van der Waals surface area contributed by atoms with Crippen LogP contribution in [0.15, 0.2) is 231 Å². The van der Waals surface area contributed by atoms with Gasteiger partial charge in [-0.25, -0.2) is 0 Å². The largest absolute Gasteiger partial charge is 1.00 e. The fraction of sp³-hybridized carbons (Fsp3) is 0.0333. The summed E-state index contributed by atoms with van der Waals surface area (Å²) in [4.78, 5) is 0. The molecule has 11 rings (SSSR count). The Morgan fingerprint density at radius 1 is 0.318 bits per heavy atom. The number of nitrogens with zero attached hydrogens (tertiary/aromatic N) is 2. The summed E-state index contributed by atoms with van der Waals surface area (Å²) in [5.41, 5.74) is 6.43. The molecule has 11 aromatic rings. The molecular formula is C60H46Au2N2P2+2. The number of aromatic nitrogens is 2. The topological polar surface area (TPSA) is 9.86 Å². The Hall–Kier alpha value is -5.96. The maximum atomic E-state index is 7.18. The van der Waals surface area contributed by atoms with Gasteiger partial charge < -0.3 is 22.0 Å². The molecule has 0 saturated carbocycles. The summed E-state index contributed by atoms with van der Waals surface area (Å²) in [7, 11) is 1.84. The average Bonchev–Trinajstić information content (AvgIpc) is 3.82. The average molecular weight is 1250 g/mol. The maximum Gasteiger partial charge on any atom is 1.00 e. The van der Waals surface area contributed by atoms with Gasteiger partial charge in [0.05, 0.1) is 0 Å². The molecule has 0 bridgehead atoms. The molecule has 2 heterocycles. The quantitative estimate of drug-likeness (QED) is 0.0680. The van der Waals surface area contributed by atoms with Crippen LogP contribution >= 0.6 is 15.8 Å². The van der Waals surface area contributed by atoms with Gasteiger partial charge in [-0.1, -0.05) is 133 Å². The smallest absolute Gasteiger partial charge is 0.366 e. The second-order valence-electron chi connectivity index (χ2n) is 15.6. The van der Waals surface area contributed by atoms with Crippen molar-refractivity contribution in [1.29, 1.82) is 0 Å². The Bertz CT molecular complexity index is 3260. The van der Waals surface area contributed by atoms with Crippen molar-refractivity contribution in [2.45, 2.75) is 0 Å². The third-order valence-corrected chi connectivity index (χ3v) is 17.7. The zero-order valence-electron chi connectivity index (χ0n) is 36.4. The number of rotatable bonds is 6. The molecule has 2 aromatic heterocycles. The van der Waals surface area contributed by atoms with E-state index in [-0.39, 0.29) is 44.8 Å². The number of benzene rings is 9. The number of hydrogen-bond acceptors (Lipinski definition) is 0. The van der Waals surface area contributed by atoms with Gasteiger partial charge in [0.1, 0.15) is 47.7 Å². The first kappa shape index (κ1) is 48.0. The number of para-hydroxylation sites is 2. The molecule has 6 heteroatoms. The summed E-state index contributed by atoms with van der Waals surface area (Å²) in [6, 6.07) is 82.1. The molecule has 0 unspecified atom stereocenters. The summed E-state index contributed by atoms with van der Waals surface area (Å²) in [5, 5.41) is 13.6. The summed E-state index contributed by atoms with van der Waals surface area (Å²) in [6.45, 7) is 0. The van der Waals surface area contributed by atoms with Crippen LogP contribution in [0.4, 0.5) is 0 Å². The van der Waals surface area contributed by atoms with E-state index < -0.39 is 15.8 Å². The number of hydrogen-bond donors (Lipinski definition) is 0. The van der Waals surface area contributed by atoms with Gasteiger partial charge in [0.25, 0.3) is 0 Å². The van der Waals surface area contributed by atoms with Crippen LogP contribution in [0, 0.1) is 24.7 Å². The molecule has 0 aliphatic heterocycles. The van der Waals surface area contributed by atoms with E-state index in [9.17, 15) is 0 Å². The third-order valence-electron chi connectivity index (χ3n) is 11.8. The van der Waals surface area contributed by atoms with Crippen LogP contribution < -0.4 is 31.8 Å². The van der Waals surface area contributed by atoms with E-state index in [1.165, 1.54) is 69.9 Å². The van der Waals surface area contributed by atoms with Crippen molar-refractivity contribution in [2.75, 3.05) is 0 Å². The summed E-state index contributed by atoms with van der Waals surface area (Å²) >= 11 is 0. The second-order valence-corrected chi connectivity index (χ2v) is 20.5. The van der Waals surface area contributed by atoms with Gasteiger partial charge in [0, 0.05) is 52.3 Å². The predicted molar refractivity (Wildman–Crippen MR) is 280 cm³/mol. The van der Waals surface area contributed by atoms with Crippen LogP contribution in [0.2, 0.25) is 0 Å². The molecule has 66 heavy (non-hydrogen) atoms. The van der Waals surface area contributed by atoms with Crippen LogP contribution in [0.1, 0.15) is 11.1 Å². The van der Waals surface area contributed by atoms with Crippen molar-refractivity contribution < 1.29 is 44.8 Å². The van der Waals surface area contributed by atoms with Crippen molar-refractivity contribution in [3.05, 3.63) is 254 Å². The van der Waals surface area contributed by atoms with Gasteiger partial charge in [-0.05, 0) is 78.2 Å². The molecule has 0 spiro atoms. The van der Waals surface area contributed by atoms with E-state index in [1.807, 2.05) is 48.5 Å². The van der Waals surface area contributed by atoms with E-state index in [4.69, 9.17) is 12.8 Å². The molecule has 0 aliphatic carbocycles. The van der Waals surface area contributed by atoms with Crippen molar-refractivity contribution in [3.8, 4) is 11.8 Å². The first-order chi connectivity index (χ1) is 31.5. The molecular weight excluding hydrogens is 1200 g/mol. The Morgan fingerprint density at radius 3 is 1.08 bits per heavy atom. The van der Waals surface area contributed by atoms with Gasteiger partial charge >= 0.3 is 44.8 Å².